The molecule has 102 valence electrons. The van der Waals surface area contributed by atoms with E-state index in [1.54, 1.807) is 0 Å². The lowest BCUT2D eigenvalue weighted by Crippen LogP contribution is -2.57. The first kappa shape index (κ1) is 14.8. The minimum absolute atomic E-state index is 0.0413. The van der Waals surface area contributed by atoms with Gasteiger partial charge in [0.2, 0.25) is 0 Å². The normalized spacial score (nSPS) is 28.5. The van der Waals surface area contributed by atoms with Crippen molar-refractivity contribution in [3.63, 3.8) is 0 Å². The van der Waals surface area contributed by atoms with Crippen molar-refractivity contribution < 1.29 is 22.7 Å². The number of nitrogens with one attached hydrogen (secondary N) is 1. The molecular weight excluding hydrogens is 247 g/mol. The van der Waals surface area contributed by atoms with E-state index in [2.05, 4.69) is 16.0 Å². The molecule has 0 radical (unpaired) electrons. The second kappa shape index (κ2) is 5.61. The summed E-state index contributed by atoms with van der Waals surface area (Å²) in [6.07, 6.45) is 1.14. The van der Waals surface area contributed by atoms with Gasteiger partial charge in [-0.25, -0.2) is 0 Å². The Hall–Kier alpha value is -1.22. The van der Waals surface area contributed by atoms with Gasteiger partial charge in [0, 0.05) is 0 Å². The van der Waals surface area contributed by atoms with Crippen LogP contribution in [0.5, 0.6) is 0 Å². The summed E-state index contributed by atoms with van der Waals surface area (Å²) in [5.74, 6) is 0.108. The molecule has 6 heteroatoms. The highest BCUT2D eigenvalue weighted by Gasteiger charge is 2.51. The molecule has 1 rings (SSSR count). The highest BCUT2D eigenvalue weighted by atomic mass is 19.4. The van der Waals surface area contributed by atoms with Gasteiger partial charge in [-0.2, -0.15) is 13.2 Å². The highest BCUT2D eigenvalue weighted by molar-refractivity contribution is 5.81. The van der Waals surface area contributed by atoms with E-state index in [9.17, 15) is 18.0 Å². The summed E-state index contributed by atoms with van der Waals surface area (Å²) >= 11 is 0. The molecule has 0 heterocycles. The smallest absolute Gasteiger partial charge is 0.391 e. The Balaban J connectivity index is 2.90. The number of esters is 1. The number of carbonyl (C=O) groups is 1. The highest BCUT2D eigenvalue weighted by Crippen LogP contribution is 2.42. The van der Waals surface area contributed by atoms with Gasteiger partial charge in [0.25, 0.3) is 0 Å². The maximum Gasteiger partial charge on any atom is 0.391 e. The average molecular weight is 263 g/mol. The SMILES string of the molecule is C#CCNC1(C(=O)OC)CCCC(C(F)(F)F)C1. The lowest BCUT2D eigenvalue weighted by atomic mass is 9.75. The molecule has 1 aliphatic carbocycles. The van der Waals surface area contributed by atoms with Crippen LogP contribution in [0, 0.1) is 18.3 Å². The van der Waals surface area contributed by atoms with E-state index in [0.29, 0.717) is 12.8 Å². The van der Waals surface area contributed by atoms with Crippen molar-refractivity contribution in [3.05, 3.63) is 0 Å². The Kier molecular flexibility index (Phi) is 4.63. The number of hydrogen-bond acceptors (Lipinski definition) is 3. The minimum Gasteiger partial charge on any atom is -0.468 e. The van der Waals surface area contributed by atoms with Crippen LogP contribution in [0.1, 0.15) is 25.7 Å². The number of ether oxygens (including phenoxy) is 1. The van der Waals surface area contributed by atoms with Crippen LogP contribution < -0.4 is 5.32 Å². The second-order valence-electron chi connectivity index (χ2n) is 4.47. The van der Waals surface area contributed by atoms with Gasteiger partial charge in [0.1, 0.15) is 5.54 Å². The quantitative estimate of drug-likeness (QED) is 0.624. The summed E-state index contributed by atoms with van der Waals surface area (Å²) in [4.78, 5) is 11.7. The molecule has 0 bridgehead atoms. The summed E-state index contributed by atoms with van der Waals surface area (Å²) in [6.45, 7) is 0.0413. The Bertz CT molecular complexity index is 348. The fourth-order valence-corrected chi connectivity index (χ4v) is 2.39. The van der Waals surface area contributed by atoms with E-state index in [0.717, 1.165) is 0 Å². The summed E-state index contributed by atoms with van der Waals surface area (Å²) in [7, 11) is 1.17. The van der Waals surface area contributed by atoms with Gasteiger partial charge in [0.15, 0.2) is 0 Å². The van der Waals surface area contributed by atoms with Gasteiger partial charge in [-0.1, -0.05) is 12.3 Å². The van der Waals surface area contributed by atoms with Gasteiger partial charge in [0.05, 0.1) is 19.6 Å². The largest absolute Gasteiger partial charge is 0.468 e. The minimum atomic E-state index is -4.29. The van der Waals surface area contributed by atoms with E-state index >= 15 is 0 Å². The Labute approximate surface area is 104 Å². The number of alkyl halides is 3. The molecular formula is C12H16F3NO2. The van der Waals surface area contributed by atoms with Crippen LogP contribution in [-0.4, -0.2) is 31.3 Å². The van der Waals surface area contributed by atoms with E-state index in [1.807, 2.05) is 0 Å². The molecule has 2 atom stereocenters. The van der Waals surface area contributed by atoms with Gasteiger partial charge in [-0.05, 0) is 19.3 Å². The molecule has 1 fully saturated rings. The molecule has 0 amide bonds. The van der Waals surface area contributed by atoms with E-state index < -0.39 is 23.6 Å². The lowest BCUT2D eigenvalue weighted by molar-refractivity contribution is -0.192. The van der Waals surface area contributed by atoms with Crippen molar-refractivity contribution in [1.82, 2.24) is 5.32 Å². The van der Waals surface area contributed by atoms with Crippen LogP contribution in [0.25, 0.3) is 0 Å². The molecule has 0 aromatic rings. The standard InChI is InChI=1S/C12H16F3NO2/c1-3-7-16-11(10(17)18-2)6-4-5-9(8-11)12(13,14)15/h1,9,16H,4-8H2,2H3. The van der Waals surface area contributed by atoms with Crippen LogP contribution in [0.2, 0.25) is 0 Å². The first-order valence-electron chi connectivity index (χ1n) is 5.69. The third kappa shape index (κ3) is 3.16. The van der Waals surface area contributed by atoms with Crippen LogP contribution in [0.3, 0.4) is 0 Å². The van der Waals surface area contributed by atoms with Crippen LogP contribution in [0.15, 0.2) is 0 Å². The third-order valence-electron chi connectivity index (χ3n) is 3.32. The van der Waals surface area contributed by atoms with Gasteiger partial charge in [-0.15, -0.1) is 6.42 Å². The first-order valence-corrected chi connectivity index (χ1v) is 5.69. The Morgan fingerprint density at radius 1 is 1.61 bits per heavy atom. The number of carbonyl (C=O) groups excluding carboxylic acids is 1. The first-order chi connectivity index (χ1) is 8.35. The van der Waals surface area contributed by atoms with E-state index in [4.69, 9.17) is 6.42 Å². The molecule has 1 saturated carbocycles. The van der Waals surface area contributed by atoms with Crippen molar-refractivity contribution in [3.8, 4) is 12.3 Å². The third-order valence-corrected chi connectivity index (χ3v) is 3.32. The monoisotopic (exact) mass is 263 g/mol. The lowest BCUT2D eigenvalue weighted by Gasteiger charge is -2.39. The molecule has 2 unspecified atom stereocenters. The number of hydrogen-bond donors (Lipinski definition) is 1. The molecule has 0 aliphatic heterocycles. The molecule has 18 heavy (non-hydrogen) atoms. The van der Waals surface area contributed by atoms with Crippen molar-refractivity contribution >= 4 is 5.97 Å². The second-order valence-corrected chi connectivity index (χ2v) is 4.47. The summed E-state index contributed by atoms with van der Waals surface area (Å²) in [5.41, 5.74) is -1.31. The predicted octanol–water partition coefficient (Wildman–Crippen LogP) is 1.87. The fraction of sp³-hybridized carbons (Fsp3) is 0.750. The van der Waals surface area contributed by atoms with Crippen molar-refractivity contribution in [2.75, 3.05) is 13.7 Å². The number of halogens is 3. The zero-order chi connectivity index (χ0) is 13.8. The van der Waals surface area contributed by atoms with Crippen LogP contribution in [0.4, 0.5) is 13.2 Å². The number of methoxy groups -OCH3 is 1. The topological polar surface area (TPSA) is 38.3 Å². The Morgan fingerprint density at radius 3 is 2.78 bits per heavy atom. The van der Waals surface area contributed by atoms with E-state index in [-0.39, 0.29) is 19.4 Å². The molecule has 3 nitrogen and oxygen atoms in total. The van der Waals surface area contributed by atoms with Gasteiger partial charge >= 0.3 is 12.1 Å². The van der Waals surface area contributed by atoms with Gasteiger partial charge in [-0.3, -0.25) is 10.1 Å². The van der Waals surface area contributed by atoms with Gasteiger partial charge < -0.3 is 4.74 Å². The molecule has 0 aromatic carbocycles. The average Bonchev–Trinajstić information content (AvgIpc) is 2.34. The van der Waals surface area contributed by atoms with Crippen molar-refractivity contribution in [2.45, 2.75) is 37.4 Å². The van der Waals surface area contributed by atoms with Crippen LogP contribution >= 0.6 is 0 Å². The van der Waals surface area contributed by atoms with Crippen molar-refractivity contribution in [1.29, 1.82) is 0 Å². The molecule has 1 aliphatic rings. The maximum atomic E-state index is 12.8. The zero-order valence-electron chi connectivity index (χ0n) is 10.1. The molecule has 0 spiro atoms. The van der Waals surface area contributed by atoms with E-state index in [1.165, 1.54) is 7.11 Å². The molecule has 0 saturated heterocycles. The van der Waals surface area contributed by atoms with Crippen LogP contribution in [-0.2, 0) is 9.53 Å². The molecule has 0 aromatic heterocycles. The van der Waals surface area contributed by atoms with Crippen molar-refractivity contribution in [2.24, 2.45) is 5.92 Å². The zero-order valence-corrected chi connectivity index (χ0v) is 10.1. The maximum absolute atomic E-state index is 12.8. The fourth-order valence-electron chi connectivity index (χ4n) is 2.39. The summed E-state index contributed by atoms with van der Waals surface area (Å²) in [5, 5.41) is 2.73. The number of terminal acetylenes is 1. The Morgan fingerprint density at radius 2 is 2.28 bits per heavy atom. The summed E-state index contributed by atoms with van der Waals surface area (Å²) in [6, 6.07) is 0. The number of rotatable bonds is 3. The summed E-state index contributed by atoms with van der Waals surface area (Å²) < 4.78 is 42.9. The molecule has 1 N–H and O–H groups in total. The predicted molar refractivity (Wildman–Crippen MR) is 59.6 cm³/mol.